The van der Waals surface area contributed by atoms with Gasteiger partial charge in [-0.05, 0) is 37.1 Å². The third-order valence-corrected chi connectivity index (χ3v) is 4.26. The Balaban J connectivity index is 1.91. The molecule has 1 saturated heterocycles. The molecule has 0 spiro atoms. The van der Waals surface area contributed by atoms with E-state index in [1.165, 1.54) is 0 Å². The number of amides is 2. The molecule has 2 amide bonds. The van der Waals surface area contributed by atoms with Crippen molar-refractivity contribution in [3.05, 3.63) is 60.7 Å². The second kappa shape index (κ2) is 7.17. The van der Waals surface area contributed by atoms with E-state index in [4.69, 9.17) is 0 Å². The number of carbonyl (C=O) groups is 2. The zero-order valence-corrected chi connectivity index (χ0v) is 13.3. The summed E-state index contributed by atoms with van der Waals surface area (Å²) >= 11 is 0. The number of nitrogens with zero attached hydrogens (tertiary/aromatic N) is 2. The Morgan fingerprint density at radius 2 is 1.50 bits per heavy atom. The number of likely N-dealkylation sites (tertiary alicyclic amines) is 1. The first kappa shape index (κ1) is 16.1. The molecule has 124 valence electrons. The third-order valence-electron chi connectivity index (χ3n) is 4.26. The predicted molar refractivity (Wildman–Crippen MR) is 92.4 cm³/mol. The monoisotopic (exact) mass is 324 g/mol. The molecule has 0 radical (unpaired) electrons. The van der Waals surface area contributed by atoms with E-state index >= 15 is 0 Å². The molecular formula is C19H20N2O3. The molecule has 2 aromatic rings. The van der Waals surface area contributed by atoms with Crippen molar-refractivity contribution in [2.24, 2.45) is 5.92 Å². The van der Waals surface area contributed by atoms with Crippen molar-refractivity contribution in [3.8, 4) is 0 Å². The maximum atomic E-state index is 13.1. The van der Waals surface area contributed by atoms with Crippen LogP contribution in [0.2, 0.25) is 0 Å². The highest BCUT2D eigenvalue weighted by Gasteiger charge is 2.31. The van der Waals surface area contributed by atoms with Crippen LogP contribution in [0, 0.1) is 5.92 Å². The average molecular weight is 324 g/mol. The van der Waals surface area contributed by atoms with E-state index in [1.807, 2.05) is 60.7 Å². The van der Waals surface area contributed by atoms with Gasteiger partial charge in [-0.2, -0.15) is 0 Å². The number of carboxylic acid groups (broad SMARTS) is 1. The quantitative estimate of drug-likeness (QED) is 0.935. The van der Waals surface area contributed by atoms with Crippen molar-refractivity contribution in [2.45, 2.75) is 12.8 Å². The molecule has 1 unspecified atom stereocenters. The van der Waals surface area contributed by atoms with Gasteiger partial charge in [-0.1, -0.05) is 36.4 Å². The average Bonchev–Trinajstić information content (AvgIpc) is 2.64. The fraction of sp³-hybridized carbons (Fsp3) is 0.263. The van der Waals surface area contributed by atoms with Crippen LogP contribution in [-0.2, 0) is 4.79 Å². The number of hydrogen-bond donors (Lipinski definition) is 1. The first-order valence-electron chi connectivity index (χ1n) is 8.09. The van der Waals surface area contributed by atoms with E-state index in [0.29, 0.717) is 19.4 Å². The maximum absolute atomic E-state index is 13.1. The number of hydrogen-bond acceptors (Lipinski definition) is 2. The Morgan fingerprint density at radius 1 is 0.958 bits per heavy atom. The number of benzene rings is 2. The summed E-state index contributed by atoms with van der Waals surface area (Å²) in [7, 11) is 0. The first-order chi connectivity index (χ1) is 11.7. The molecule has 1 aliphatic heterocycles. The van der Waals surface area contributed by atoms with Gasteiger partial charge in [-0.25, -0.2) is 4.79 Å². The molecule has 1 N–H and O–H groups in total. The van der Waals surface area contributed by atoms with Crippen LogP contribution in [0.4, 0.5) is 16.2 Å². The lowest BCUT2D eigenvalue weighted by molar-refractivity contribution is -0.143. The van der Waals surface area contributed by atoms with Crippen LogP contribution >= 0.6 is 0 Å². The van der Waals surface area contributed by atoms with Gasteiger partial charge in [0.1, 0.15) is 0 Å². The van der Waals surface area contributed by atoms with Crippen molar-refractivity contribution in [2.75, 3.05) is 18.0 Å². The molecule has 1 fully saturated rings. The molecule has 2 aromatic carbocycles. The zero-order chi connectivity index (χ0) is 16.9. The van der Waals surface area contributed by atoms with Gasteiger partial charge >= 0.3 is 12.0 Å². The van der Waals surface area contributed by atoms with Crippen LogP contribution in [0.15, 0.2) is 60.7 Å². The molecule has 5 nitrogen and oxygen atoms in total. The van der Waals surface area contributed by atoms with Gasteiger partial charge in [0, 0.05) is 13.1 Å². The van der Waals surface area contributed by atoms with Gasteiger partial charge in [0.15, 0.2) is 0 Å². The van der Waals surface area contributed by atoms with Gasteiger partial charge in [0.2, 0.25) is 0 Å². The number of para-hydroxylation sites is 2. The number of carbonyl (C=O) groups excluding carboxylic acids is 1. The van der Waals surface area contributed by atoms with E-state index in [1.54, 1.807) is 9.80 Å². The second-order valence-electron chi connectivity index (χ2n) is 5.91. The van der Waals surface area contributed by atoms with Crippen LogP contribution in [0.1, 0.15) is 12.8 Å². The number of carboxylic acids is 1. The number of rotatable bonds is 3. The molecule has 1 atom stereocenters. The van der Waals surface area contributed by atoms with Gasteiger partial charge in [-0.15, -0.1) is 0 Å². The first-order valence-corrected chi connectivity index (χ1v) is 8.09. The molecule has 1 heterocycles. The topological polar surface area (TPSA) is 60.9 Å². The number of urea groups is 1. The van der Waals surface area contributed by atoms with Crippen LogP contribution in [0.25, 0.3) is 0 Å². The van der Waals surface area contributed by atoms with Gasteiger partial charge in [0.25, 0.3) is 0 Å². The summed E-state index contributed by atoms with van der Waals surface area (Å²) < 4.78 is 0. The molecule has 0 bridgehead atoms. The minimum absolute atomic E-state index is 0.182. The van der Waals surface area contributed by atoms with Crippen LogP contribution < -0.4 is 4.90 Å². The van der Waals surface area contributed by atoms with E-state index < -0.39 is 11.9 Å². The Kier molecular flexibility index (Phi) is 4.79. The maximum Gasteiger partial charge on any atom is 0.329 e. The van der Waals surface area contributed by atoms with Gasteiger partial charge < -0.3 is 10.0 Å². The zero-order valence-electron chi connectivity index (χ0n) is 13.3. The summed E-state index contributed by atoms with van der Waals surface area (Å²) in [6, 6.07) is 18.7. The Hall–Kier alpha value is -2.82. The standard InChI is InChI=1S/C19H20N2O3/c22-18(23)15-8-7-13-20(14-15)19(24)21(16-9-3-1-4-10-16)17-11-5-2-6-12-17/h1-6,9-12,15H,7-8,13-14H2,(H,22,23). The summed E-state index contributed by atoms with van der Waals surface area (Å²) in [5.74, 6) is -1.32. The summed E-state index contributed by atoms with van der Waals surface area (Å²) in [4.78, 5) is 27.7. The molecule has 0 aromatic heterocycles. The number of piperidine rings is 1. The Morgan fingerprint density at radius 3 is 2.00 bits per heavy atom. The highest BCUT2D eigenvalue weighted by atomic mass is 16.4. The minimum Gasteiger partial charge on any atom is -0.481 e. The smallest absolute Gasteiger partial charge is 0.329 e. The molecule has 3 rings (SSSR count). The third kappa shape index (κ3) is 3.40. The predicted octanol–water partition coefficient (Wildman–Crippen LogP) is 3.74. The number of anilines is 2. The van der Waals surface area contributed by atoms with Gasteiger partial charge in [0.05, 0.1) is 17.3 Å². The Labute approximate surface area is 141 Å². The van der Waals surface area contributed by atoms with Gasteiger partial charge in [-0.3, -0.25) is 9.69 Å². The summed E-state index contributed by atoms with van der Waals surface area (Å²) in [5, 5.41) is 9.26. The minimum atomic E-state index is -0.835. The van der Waals surface area contributed by atoms with Crippen LogP contribution in [0.5, 0.6) is 0 Å². The van der Waals surface area contributed by atoms with E-state index in [-0.39, 0.29) is 12.6 Å². The van der Waals surface area contributed by atoms with Crippen molar-refractivity contribution in [3.63, 3.8) is 0 Å². The molecule has 0 saturated carbocycles. The fourth-order valence-electron chi connectivity index (χ4n) is 3.02. The molecule has 0 aliphatic carbocycles. The van der Waals surface area contributed by atoms with E-state index in [2.05, 4.69) is 0 Å². The molecule has 1 aliphatic rings. The highest BCUT2D eigenvalue weighted by Crippen LogP contribution is 2.28. The lowest BCUT2D eigenvalue weighted by Gasteiger charge is -2.35. The lowest BCUT2D eigenvalue weighted by Crippen LogP contribution is -2.47. The SMILES string of the molecule is O=C(O)C1CCCN(C(=O)N(c2ccccc2)c2ccccc2)C1. The van der Waals surface area contributed by atoms with Crippen molar-refractivity contribution in [1.29, 1.82) is 0 Å². The fourth-order valence-corrected chi connectivity index (χ4v) is 3.02. The van der Waals surface area contributed by atoms with E-state index in [0.717, 1.165) is 11.4 Å². The summed E-state index contributed by atoms with van der Waals surface area (Å²) in [5.41, 5.74) is 1.54. The summed E-state index contributed by atoms with van der Waals surface area (Å²) in [6.07, 6.45) is 1.33. The normalized spacial score (nSPS) is 17.3. The van der Waals surface area contributed by atoms with Crippen LogP contribution in [0.3, 0.4) is 0 Å². The van der Waals surface area contributed by atoms with Crippen molar-refractivity contribution >= 4 is 23.4 Å². The van der Waals surface area contributed by atoms with Crippen LogP contribution in [-0.4, -0.2) is 35.1 Å². The molecule has 5 heteroatoms. The molecular weight excluding hydrogens is 304 g/mol. The Bertz CT molecular complexity index is 664. The van der Waals surface area contributed by atoms with E-state index in [9.17, 15) is 14.7 Å². The van der Waals surface area contributed by atoms with Crippen molar-refractivity contribution < 1.29 is 14.7 Å². The lowest BCUT2D eigenvalue weighted by atomic mass is 9.98. The molecule has 24 heavy (non-hydrogen) atoms. The largest absolute Gasteiger partial charge is 0.481 e. The number of aliphatic carboxylic acids is 1. The summed E-state index contributed by atoms with van der Waals surface area (Å²) in [6.45, 7) is 0.836. The highest BCUT2D eigenvalue weighted by molar-refractivity contribution is 5.99. The second-order valence-corrected chi connectivity index (χ2v) is 5.91. The van der Waals surface area contributed by atoms with Crippen molar-refractivity contribution in [1.82, 2.24) is 4.90 Å².